The normalized spacial score (nSPS) is 17.5. The first-order valence-corrected chi connectivity index (χ1v) is 8.40. The molecule has 2 nitrogen and oxygen atoms in total. The first kappa shape index (κ1) is 17.5. The summed E-state index contributed by atoms with van der Waals surface area (Å²) in [5.41, 5.74) is 2.67. The van der Waals surface area contributed by atoms with E-state index in [1.54, 1.807) is 23.1 Å². The van der Waals surface area contributed by atoms with Crippen LogP contribution in [0, 0.1) is 11.7 Å². The Hall–Kier alpha value is -1.90. The zero-order chi connectivity index (χ0) is 16.8. The number of nitrogens with zero attached hydrogens (tertiary/aromatic N) is 1. The van der Waals surface area contributed by atoms with Crippen molar-refractivity contribution in [3.05, 3.63) is 59.4 Å². The topological polar surface area (TPSA) is 20.3 Å². The highest BCUT2D eigenvalue weighted by Crippen LogP contribution is 2.28. The van der Waals surface area contributed by atoms with Crippen LogP contribution in [0.1, 0.15) is 49.9 Å². The van der Waals surface area contributed by atoms with E-state index in [1.165, 1.54) is 17.2 Å². The lowest BCUT2D eigenvalue weighted by molar-refractivity contribution is 0.0763. The van der Waals surface area contributed by atoms with Crippen LogP contribution in [0.5, 0.6) is 0 Å². The van der Waals surface area contributed by atoms with Crippen molar-refractivity contribution in [1.29, 1.82) is 0 Å². The molecule has 23 heavy (non-hydrogen) atoms. The van der Waals surface area contributed by atoms with Crippen molar-refractivity contribution in [2.75, 3.05) is 13.1 Å². The number of rotatable bonds is 6. The van der Waals surface area contributed by atoms with Gasteiger partial charge in [-0.05, 0) is 50.7 Å². The van der Waals surface area contributed by atoms with Crippen molar-refractivity contribution in [2.24, 2.45) is 5.92 Å². The van der Waals surface area contributed by atoms with Crippen LogP contribution in [0.25, 0.3) is 0 Å². The van der Waals surface area contributed by atoms with Gasteiger partial charge in [0.2, 0.25) is 0 Å². The van der Waals surface area contributed by atoms with Crippen LogP contribution >= 0.6 is 0 Å². The summed E-state index contributed by atoms with van der Waals surface area (Å²) in [5.74, 6) is -0.105. The van der Waals surface area contributed by atoms with Gasteiger partial charge < -0.3 is 4.90 Å². The average molecular weight is 315 g/mol. The highest BCUT2D eigenvalue weighted by atomic mass is 19.1. The molecule has 0 aromatic heterocycles. The number of allylic oxidation sites excluding steroid dienone is 2. The van der Waals surface area contributed by atoms with E-state index < -0.39 is 5.82 Å². The number of carbonyl (C=O) groups excluding carboxylic acids is 1. The lowest BCUT2D eigenvalue weighted by Crippen LogP contribution is -2.34. The molecule has 0 heterocycles. The third-order valence-corrected chi connectivity index (χ3v) is 4.48. The molecule has 0 bridgehead atoms. The van der Waals surface area contributed by atoms with Gasteiger partial charge in [-0.1, -0.05) is 42.9 Å². The monoisotopic (exact) mass is 315 g/mol. The molecule has 0 aliphatic heterocycles. The van der Waals surface area contributed by atoms with Gasteiger partial charge in [0.05, 0.1) is 5.56 Å². The van der Waals surface area contributed by atoms with Gasteiger partial charge >= 0.3 is 0 Å². The molecule has 1 atom stereocenters. The van der Waals surface area contributed by atoms with E-state index in [-0.39, 0.29) is 11.5 Å². The highest BCUT2D eigenvalue weighted by Gasteiger charge is 2.21. The molecule has 0 radical (unpaired) electrons. The minimum absolute atomic E-state index is 0.164. The SMILES string of the molecule is C=C(C)C1CC=C(CN(CCC)C(=O)c2ccccc2F)CC1. The molecule has 1 amide bonds. The van der Waals surface area contributed by atoms with Crippen LogP contribution in [-0.2, 0) is 0 Å². The van der Waals surface area contributed by atoms with Crippen LogP contribution in [0.15, 0.2) is 48.1 Å². The molecule has 0 spiro atoms. The number of carbonyl (C=O) groups is 1. The summed E-state index contributed by atoms with van der Waals surface area (Å²) in [6.45, 7) is 9.40. The molecule has 124 valence electrons. The van der Waals surface area contributed by atoms with Gasteiger partial charge in [0.25, 0.3) is 5.91 Å². The Kier molecular flexibility index (Phi) is 6.14. The fraction of sp³-hybridized carbons (Fsp3) is 0.450. The number of hydrogen-bond acceptors (Lipinski definition) is 1. The van der Waals surface area contributed by atoms with Crippen LogP contribution in [0.3, 0.4) is 0 Å². The predicted octanol–water partition coefficient (Wildman–Crippen LogP) is 4.98. The van der Waals surface area contributed by atoms with E-state index in [4.69, 9.17) is 0 Å². The second kappa shape index (κ2) is 8.09. The standard InChI is InChI=1S/C20H26FNO/c1-4-13-22(20(23)18-7-5-6-8-19(18)21)14-16-9-11-17(12-10-16)15(2)3/h5-9,17H,2,4,10-14H2,1,3H3. The van der Waals surface area contributed by atoms with Crippen LogP contribution in [-0.4, -0.2) is 23.9 Å². The smallest absolute Gasteiger partial charge is 0.257 e. The second-order valence-corrected chi connectivity index (χ2v) is 6.39. The minimum Gasteiger partial charge on any atom is -0.335 e. The van der Waals surface area contributed by atoms with Crippen molar-refractivity contribution in [1.82, 2.24) is 4.90 Å². The molecule has 1 unspecified atom stereocenters. The molecular formula is C20H26FNO. The second-order valence-electron chi connectivity index (χ2n) is 6.39. The van der Waals surface area contributed by atoms with Gasteiger partial charge in [-0.2, -0.15) is 0 Å². The van der Waals surface area contributed by atoms with Crippen LogP contribution in [0.4, 0.5) is 4.39 Å². The summed E-state index contributed by atoms with van der Waals surface area (Å²) < 4.78 is 13.9. The van der Waals surface area contributed by atoms with Crippen molar-refractivity contribution in [2.45, 2.75) is 39.5 Å². The average Bonchev–Trinajstić information content (AvgIpc) is 2.55. The van der Waals surface area contributed by atoms with Gasteiger partial charge in [0, 0.05) is 13.1 Å². The summed E-state index contributed by atoms with van der Waals surface area (Å²) in [7, 11) is 0. The zero-order valence-electron chi connectivity index (χ0n) is 14.1. The first-order valence-electron chi connectivity index (χ1n) is 8.40. The molecule has 2 rings (SSSR count). The number of benzene rings is 1. The lowest BCUT2D eigenvalue weighted by Gasteiger charge is -2.28. The summed E-state index contributed by atoms with van der Waals surface area (Å²) in [5, 5.41) is 0. The number of hydrogen-bond donors (Lipinski definition) is 0. The van der Waals surface area contributed by atoms with Gasteiger partial charge in [0.15, 0.2) is 0 Å². The fourth-order valence-corrected chi connectivity index (χ4v) is 3.05. The van der Waals surface area contributed by atoms with Gasteiger partial charge in [-0.3, -0.25) is 4.79 Å². The van der Waals surface area contributed by atoms with Gasteiger partial charge in [0.1, 0.15) is 5.82 Å². The van der Waals surface area contributed by atoms with Crippen LogP contribution in [0.2, 0.25) is 0 Å². The fourth-order valence-electron chi connectivity index (χ4n) is 3.05. The number of halogens is 1. The summed E-state index contributed by atoms with van der Waals surface area (Å²) in [4.78, 5) is 14.4. The van der Waals surface area contributed by atoms with Crippen molar-refractivity contribution < 1.29 is 9.18 Å². The van der Waals surface area contributed by atoms with E-state index in [9.17, 15) is 9.18 Å². The summed E-state index contributed by atoms with van der Waals surface area (Å²) in [6.07, 6.45) is 6.18. The maximum Gasteiger partial charge on any atom is 0.257 e. The quantitative estimate of drug-likeness (QED) is 0.678. The Bertz CT molecular complexity index is 605. The van der Waals surface area contributed by atoms with E-state index >= 15 is 0 Å². The first-order chi connectivity index (χ1) is 11.0. The van der Waals surface area contributed by atoms with E-state index in [0.717, 1.165) is 25.7 Å². The zero-order valence-corrected chi connectivity index (χ0v) is 14.1. The molecule has 0 N–H and O–H groups in total. The minimum atomic E-state index is -0.446. The molecule has 1 aliphatic carbocycles. The summed E-state index contributed by atoms with van der Waals surface area (Å²) >= 11 is 0. The molecule has 1 aromatic carbocycles. The van der Waals surface area contributed by atoms with E-state index in [0.29, 0.717) is 19.0 Å². The summed E-state index contributed by atoms with van der Waals surface area (Å²) in [6, 6.07) is 6.22. The lowest BCUT2D eigenvalue weighted by atomic mass is 9.85. The number of amides is 1. The maximum absolute atomic E-state index is 13.9. The molecule has 1 aliphatic rings. The molecule has 0 fully saturated rings. The predicted molar refractivity (Wildman–Crippen MR) is 92.8 cm³/mol. The Morgan fingerprint density at radius 1 is 1.39 bits per heavy atom. The molecule has 0 saturated heterocycles. The molecule has 1 aromatic rings. The Balaban J connectivity index is 2.09. The van der Waals surface area contributed by atoms with Crippen molar-refractivity contribution in [3.8, 4) is 0 Å². The third kappa shape index (κ3) is 4.54. The molecular weight excluding hydrogens is 289 g/mol. The van der Waals surface area contributed by atoms with Crippen molar-refractivity contribution >= 4 is 5.91 Å². The largest absolute Gasteiger partial charge is 0.335 e. The van der Waals surface area contributed by atoms with Crippen LogP contribution < -0.4 is 0 Å². The van der Waals surface area contributed by atoms with E-state index in [2.05, 4.69) is 19.6 Å². The maximum atomic E-state index is 13.9. The third-order valence-electron chi connectivity index (χ3n) is 4.48. The Morgan fingerprint density at radius 2 is 2.13 bits per heavy atom. The van der Waals surface area contributed by atoms with Crippen molar-refractivity contribution in [3.63, 3.8) is 0 Å². The van der Waals surface area contributed by atoms with Gasteiger partial charge in [-0.15, -0.1) is 0 Å². The molecule has 0 saturated carbocycles. The Labute approximate surface area is 138 Å². The van der Waals surface area contributed by atoms with E-state index in [1.807, 2.05) is 6.92 Å². The highest BCUT2D eigenvalue weighted by molar-refractivity contribution is 5.94. The van der Waals surface area contributed by atoms with Gasteiger partial charge in [-0.25, -0.2) is 4.39 Å². The molecule has 3 heteroatoms. The Morgan fingerprint density at radius 3 is 2.70 bits per heavy atom.